The van der Waals surface area contributed by atoms with Gasteiger partial charge in [0.05, 0.1) is 6.04 Å². The maximum absolute atomic E-state index is 12.6. The number of thiazole rings is 1. The van der Waals surface area contributed by atoms with Gasteiger partial charge >= 0.3 is 0 Å². The van der Waals surface area contributed by atoms with E-state index in [0.29, 0.717) is 30.5 Å². The van der Waals surface area contributed by atoms with E-state index in [1.807, 2.05) is 13.8 Å². The standard InChI is InChI=1S/C14H19N5O2S.ClH/c1-8(2)13-17-12(18-21-13)10-4-3-5-19(10)14(20)9-7-22-11(6-15)16-9;/h7-8,10H,3-6,15H2,1-2H3;1H. The normalized spacial score (nSPS) is 17.6. The van der Waals surface area contributed by atoms with E-state index in [0.717, 1.165) is 17.8 Å². The molecule has 0 aromatic carbocycles. The molecule has 1 saturated heterocycles. The SMILES string of the molecule is CC(C)c1nc(C2CCCN2C(=O)c2csc(CN)n2)no1.Cl. The first-order valence-corrected chi connectivity index (χ1v) is 8.27. The minimum Gasteiger partial charge on any atom is -0.339 e. The number of nitrogens with zero attached hydrogens (tertiary/aromatic N) is 4. The fraction of sp³-hybridized carbons (Fsp3) is 0.571. The van der Waals surface area contributed by atoms with Crippen molar-refractivity contribution in [1.29, 1.82) is 0 Å². The lowest BCUT2D eigenvalue weighted by Gasteiger charge is -2.21. The summed E-state index contributed by atoms with van der Waals surface area (Å²) in [4.78, 5) is 23.1. The highest BCUT2D eigenvalue weighted by Crippen LogP contribution is 2.32. The summed E-state index contributed by atoms with van der Waals surface area (Å²) in [7, 11) is 0. The van der Waals surface area contributed by atoms with Crippen LogP contribution in [0.1, 0.15) is 65.9 Å². The van der Waals surface area contributed by atoms with Crippen molar-refractivity contribution in [2.24, 2.45) is 5.73 Å². The number of hydrogen-bond acceptors (Lipinski definition) is 7. The topological polar surface area (TPSA) is 98.1 Å². The van der Waals surface area contributed by atoms with E-state index >= 15 is 0 Å². The fourth-order valence-electron chi connectivity index (χ4n) is 2.55. The van der Waals surface area contributed by atoms with Crippen LogP contribution in [0.4, 0.5) is 0 Å². The van der Waals surface area contributed by atoms with E-state index in [9.17, 15) is 4.79 Å². The third-order valence-electron chi connectivity index (χ3n) is 3.71. The molecular formula is C14H20ClN5O2S. The molecule has 126 valence electrons. The number of aromatic nitrogens is 3. The Labute approximate surface area is 144 Å². The zero-order chi connectivity index (χ0) is 15.7. The lowest BCUT2D eigenvalue weighted by Crippen LogP contribution is -2.31. The van der Waals surface area contributed by atoms with Crippen LogP contribution in [-0.4, -0.2) is 32.5 Å². The van der Waals surface area contributed by atoms with E-state index in [1.165, 1.54) is 11.3 Å². The summed E-state index contributed by atoms with van der Waals surface area (Å²) >= 11 is 1.41. The average Bonchev–Trinajstić information content (AvgIpc) is 3.24. The van der Waals surface area contributed by atoms with Gasteiger partial charge in [0, 0.05) is 24.4 Å². The fourth-order valence-corrected chi connectivity index (χ4v) is 3.19. The third-order valence-corrected chi connectivity index (χ3v) is 4.58. The number of nitrogens with two attached hydrogens (primary N) is 1. The Kier molecular flexibility index (Phi) is 5.72. The van der Waals surface area contributed by atoms with Gasteiger partial charge in [0.15, 0.2) is 5.82 Å². The summed E-state index contributed by atoms with van der Waals surface area (Å²) in [5.74, 6) is 1.28. The molecule has 1 unspecified atom stereocenters. The Bertz CT molecular complexity index is 672. The van der Waals surface area contributed by atoms with Crippen LogP contribution in [-0.2, 0) is 6.54 Å². The molecule has 0 spiro atoms. The number of amides is 1. The minimum absolute atomic E-state index is 0. The molecule has 23 heavy (non-hydrogen) atoms. The molecule has 0 saturated carbocycles. The van der Waals surface area contributed by atoms with Crippen LogP contribution in [0.25, 0.3) is 0 Å². The maximum Gasteiger partial charge on any atom is 0.273 e. The molecule has 2 N–H and O–H groups in total. The van der Waals surface area contributed by atoms with Gasteiger partial charge in [-0.15, -0.1) is 23.7 Å². The molecular weight excluding hydrogens is 338 g/mol. The van der Waals surface area contributed by atoms with Crippen molar-refractivity contribution in [3.8, 4) is 0 Å². The zero-order valence-electron chi connectivity index (χ0n) is 13.1. The molecule has 1 aliphatic rings. The Balaban J connectivity index is 0.00000192. The minimum atomic E-state index is -0.133. The molecule has 3 rings (SSSR count). The number of likely N-dealkylation sites (tertiary alicyclic amines) is 1. The van der Waals surface area contributed by atoms with E-state index < -0.39 is 0 Å². The van der Waals surface area contributed by atoms with Crippen LogP contribution in [0.15, 0.2) is 9.90 Å². The van der Waals surface area contributed by atoms with Crippen LogP contribution >= 0.6 is 23.7 Å². The Morgan fingerprint density at radius 3 is 2.91 bits per heavy atom. The van der Waals surface area contributed by atoms with Gasteiger partial charge in [-0.2, -0.15) is 4.98 Å². The first-order chi connectivity index (χ1) is 10.6. The first kappa shape index (κ1) is 17.8. The van der Waals surface area contributed by atoms with Gasteiger partial charge in [-0.3, -0.25) is 4.79 Å². The Morgan fingerprint density at radius 2 is 2.30 bits per heavy atom. The van der Waals surface area contributed by atoms with Crippen molar-refractivity contribution in [3.63, 3.8) is 0 Å². The quantitative estimate of drug-likeness (QED) is 0.902. The highest BCUT2D eigenvalue weighted by molar-refractivity contribution is 7.09. The summed E-state index contributed by atoms with van der Waals surface area (Å²) in [5.41, 5.74) is 6.01. The smallest absolute Gasteiger partial charge is 0.273 e. The predicted octanol–water partition coefficient (Wildman–Crippen LogP) is 2.51. The molecule has 0 bridgehead atoms. The summed E-state index contributed by atoms with van der Waals surface area (Å²) in [6.45, 7) is 5.03. The lowest BCUT2D eigenvalue weighted by atomic mass is 10.2. The van der Waals surface area contributed by atoms with Crippen LogP contribution in [0.2, 0.25) is 0 Å². The number of hydrogen-bond donors (Lipinski definition) is 1. The maximum atomic E-state index is 12.6. The molecule has 2 aromatic rings. The highest BCUT2D eigenvalue weighted by Gasteiger charge is 2.34. The lowest BCUT2D eigenvalue weighted by molar-refractivity contribution is 0.0723. The second-order valence-electron chi connectivity index (χ2n) is 5.63. The molecule has 0 aliphatic carbocycles. The van der Waals surface area contributed by atoms with Crippen molar-refractivity contribution in [2.75, 3.05) is 6.54 Å². The second-order valence-corrected chi connectivity index (χ2v) is 6.58. The highest BCUT2D eigenvalue weighted by atomic mass is 35.5. The van der Waals surface area contributed by atoms with Gasteiger partial charge in [0.1, 0.15) is 10.7 Å². The van der Waals surface area contributed by atoms with E-state index in [2.05, 4.69) is 15.1 Å². The summed E-state index contributed by atoms with van der Waals surface area (Å²) in [5, 5.41) is 6.57. The van der Waals surface area contributed by atoms with Crippen molar-refractivity contribution < 1.29 is 9.32 Å². The zero-order valence-corrected chi connectivity index (χ0v) is 14.7. The van der Waals surface area contributed by atoms with Gasteiger partial charge in [0.2, 0.25) is 5.89 Å². The van der Waals surface area contributed by atoms with E-state index in [4.69, 9.17) is 10.3 Å². The van der Waals surface area contributed by atoms with Crippen molar-refractivity contribution in [3.05, 3.63) is 27.8 Å². The molecule has 1 atom stereocenters. The molecule has 9 heteroatoms. The molecule has 1 amide bonds. The Morgan fingerprint density at radius 1 is 1.52 bits per heavy atom. The molecule has 1 aliphatic heterocycles. The molecule has 3 heterocycles. The van der Waals surface area contributed by atoms with Gasteiger partial charge in [-0.25, -0.2) is 4.98 Å². The summed E-state index contributed by atoms with van der Waals surface area (Å²) in [6.07, 6.45) is 1.77. The second kappa shape index (κ2) is 7.37. The third kappa shape index (κ3) is 3.54. The average molecular weight is 358 g/mol. The molecule has 2 aromatic heterocycles. The summed E-state index contributed by atoms with van der Waals surface area (Å²) < 4.78 is 5.26. The molecule has 7 nitrogen and oxygen atoms in total. The number of carbonyl (C=O) groups is 1. The van der Waals surface area contributed by atoms with Crippen LogP contribution in [0.5, 0.6) is 0 Å². The van der Waals surface area contributed by atoms with Crippen molar-refractivity contribution >= 4 is 29.7 Å². The predicted molar refractivity (Wildman–Crippen MR) is 88.7 cm³/mol. The van der Waals surface area contributed by atoms with Gasteiger partial charge in [0.25, 0.3) is 5.91 Å². The molecule has 1 fully saturated rings. The van der Waals surface area contributed by atoms with Gasteiger partial charge < -0.3 is 15.2 Å². The number of rotatable bonds is 4. The van der Waals surface area contributed by atoms with Gasteiger partial charge in [-0.05, 0) is 12.8 Å². The van der Waals surface area contributed by atoms with Crippen LogP contribution < -0.4 is 5.73 Å². The Hall–Kier alpha value is -1.51. The number of halogens is 1. The van der Waals surface area contributed by atoms with Crippen molar-refractivity contribution in [2.45, 2.75) is 45.2 Å². The van der Waals surface area contributed by atoms with Crippen LogP contribution in [0.3, 0.4) is 0 Å². The van der Waals surface area contributed by atoms with E-state index in [-0.39, 0.29) is 30.3 Å². The van der Waals surface area contributed by atoms with Gasteiger partial charge in [-0.1, -0.05) is 19.0 Å². The first-order valence-electron chi connectivity index (χ1n) is 7.39. The summed E-state index contributed by atoms with van der Waals surface area (Å²) in [6, 6.07) is -0.133. The number of carbonyl (C=O) groups excluding carboxylic acids is 1. The van der Waals surface area contributed by atoms with E-state index in [1.54, 1.807) is 10.3 Å². The largest absolute Gasteiger partial charge is 0.339 e. The van der Waals surface area contributed by atoms with Crippen molar-refractivity contribution in [1.82, 2.24) is 20.0 Å². The van der Waals surface area contributed by atoms with Crippen LogP contribution in [0, 0.1) is 0 Å². The molecule has 0 radical (unpaired) electrons. The monoisotopic (exact) mass is 357 g/mol.